The Morgan fingerprint density at radius 3 is 2.67 bits per heavy atom. The number of hydrogen-bond acceptors (Lipinski definition) is 5. The number of nitrogens with zero attached hydrogens (tertiary/aromatic N) is 2. The first-order chi connectivity index (χ1) is 12.8. The second kappa shape index (κ2) is 10.9. The van der Waals surface area contributed by atoms with Crippen molar-refractivity contribution < 1.29 is 27.9 Å². The Morgan fingerprint density at radius 2 is 2.07 bits per heavy atom. The average molecular weight is 383 g/mol. The summed E-state index contributed by atoms with van der Waals surface area (Å²) in [4.78, 5) is 3.63. The Morgan fingerprint density at radius 1 is 1.33 bits per heavy atom. The van der Waals surface area contributed by atoms with E-state index in [0.717, 1.165) is 24.5 Å². The van der Waals surface area contributed by atoms with Gasteiger partial charge >= 0.3 is 6.18 Å². The van der Waals surface area contributed by atoms with Gasteiger partial charge in [-0.2, -0.15) is 18.4 Å². The molecular formula is C18H17F4N3O2. The summed E-state index contributed by atoms with van der Waals surface area (Å²) in [5.74, 6) is -0.645. The second-order valence-electron chi connectivity index (χ2n) is 5.14. The van der Waals surface area contributed by atoms with Crippen LogP contribution in [0.3, 0.4) is 0 Å². The van der Waals surface area contributed by atoms with Crippen molar-refractivity contribution in [1.29, 1.82) is 5.26 Å². The molecule has 0 unspecified atom stereocenters. The number of aliphatic hydroxyl groups is 1. The Kier molecular flexibility index (Phi) is 8.92. The summed E-state index contributed by atoms with van der Waals surface area (Å²) in [6.07, 6.45) is 0.499. The predicted octanol–water partition coefficient (Wildman–Crippen LogP) is 3.86. The number of allylic oxidation sites excluding steroid dienone is 5. The number of hydrogen-bond donors (Lipinski definition) is 3. The molecule has 0 aliphatic rings. The summed E-state index contributed by atoms with van der Waals surface area (Å²) >= 11 is 0. The van der Waals surface area contributed by atoms with Gasteiger partial charge in [-0.05, 0) is 35.8 Å². The molecule has 0 saturated carbocycles. The molecule has 0 aliphatic heterocycles. The zero-order valence-corrected chi connectivity index (χ0v) is 14.0. The number of alkyl halides is 3. The molecule has 144 valence electrons. The Balaban J connectivity index is 3.47. The minimum Gasteiger partial charge on any atom is -0.375 e. The van der Waals surface area contributed by atoms with E-state index in [2.05, 4.69) is 4.99 Å². The lowest BCUT2D eigenvalue weighted by molar-refractivity contribution is -0.133. The number of nitriles is 1. The Labute approximate surface area is 153 Å². The molecule has 5 nitrogen and oxygen atoms in total. The molecule has 3 N–H and O–H groups in total. The monoisotopic (exact) mass is 383 g/mol. The van der Waals surface area contributed by atoms with Crippen LogP contribution in [-0.4, -0.2) is 29.4 Å². The van der Waals surface area contributed by atoms with Gasteiger partial charge in [-0.25, -0.2) is 4.39 Å². The third-order valence-corrected chi connectivity index (χ3v) is 3.24. The highest BCUT2D eigenvalue weighted by molar-refractivity contribution is 6.02. The van der Waals surface area contributed by atoms with E-state index in [0.29, 0.717) is 0 Å². The number of benzene rings is 1. The van der Waals surface area contributed by atoms with Crippen LogP contribution < -0.4 is 5.48 Å². The van der Waals surface area contributed by atoms with Crippen molar-refractivity contribution in [3.05, 3.63) is 65.1 Å². The van der Waals surface area contributed by atoms with Gasteiger partial charge in [-0.15, -0.1) is 0 Å². The maximum absolute atomic E-state index is 13.4. The average Bonchev–Trinajstić information content (AvgIpc) is 2.61. The van der Waals surface area contributed by atoms with E-state index in [1.54, 1.807) is 5.48 Å². The summed E-state index contributed by atoms with van der Waals surface area (Å²) in [5.41, 5.74) is 2.44. The molecule has 1 aromatic carbocycles. The highest BCUT2D eigenvalue weighted by atomic mass is 19.4. The number of aliphatic imine (C=N–C) groups is 1. The molecule has 0 fully saturated rings. The van der Waals surface area contributed by atoms with Crippen molar-refractivity contribution in [2.45, 2.75) is 19.0 Å². The number of nitrogens with one attached hydrogen (secondary N) is 1. The number of halogens is 4. The molecule has 0 atom stereocenters. The molecule has 0 aliphatic carbocycles. The Hall–Kier alpha value is -2.96. The molecule has 0 aromatic heterocycles. The second-order valence-corrected chi connectivity index (χ2v) is 5.14. The third kappa shape index (κ3) is 7.85. The third-order valence-electron chi connectivity index (χ3n) is 3.24. The minimum absolute atomic E-state index is 0.0364. The van der Waals surface area contributed by atoms with E-state index in [1.165, 1.54) is 24.3 Å². The molecule has 9 heteroatoms. The lowest BCUT2D eigenvalue weighted by Gasteiger charge is -2.12. The molecule has 0 spiro atoms. The normalized spacial score (nSPS) is 13.4. The van der Waals surface area contributed by atoms with E-state index in [9.17, 15) is 22.8 Å². The van der Waals surface area contributed by atoms with Gasteiger partial charge in [0, 0.05) is 24.4 Å². The highest BCUT2D eigenvalue weighted by Gasteiger charge is 2.25. The maximum atomic E-state index is 13.4. The zero-order valence-electron chi connectivity index (χ0n) is 14.0. The van der Waals surface area contributed by atoms with Gasteiger partial charge in [0.05, 0.1) is 11.6 Å². The van der Waals surface area contributed by atoms with Gasteiger partial charge in [0.1, 0.15) is 12.5 Å². The van der Waals surface area contributed by atoms with E-state index in [4.69, 9.17) is 10.3 Å². The van der Waals surface area contributed by atoms with Crippen molar-refractivity contribution in [1.82, 2.24) is 5.48 Å². The minimum atomic E-state index is -4.35. The molecule has 0 radical (unpaired) electrons. The van der Waals surface area contributed by atoms with E-state index in [1.807, 2.05) is 6.07 Å². The molecular weight excluding hydrogens is 366 g/mol. The molecule has 1 aromatic rings. The molecule has 27 heavy (non-hydrogen) atoms. The number of aliphatic hydroxyl groups excluding tert-OH is 1. The van der Waals surface area contributed by atoms with Crippen molar-refractivity contribution in [2.75, 3.05) is 6.73 Å². The first-order valence-electron chi connectivity index (χ1n) is 7.66. The van der Waals surface area contributed by atoms with Gasteiger partial charge in [-0.1, -0.05) is 18.2 Å². The number of hydroxylamine groups is 1. The molecule has 0 heterocycles. The van der Waals surface area contributed by atoms with Crippen molar-refractivity contribution in [3.63, 3.8) is 0 Å². The van der Waals surface area contributed by atoms with Crippen LogP contribution in [0.1, 0.15) is 24.0 Å². The van der Waals surface area contributed by atoms with Crippen molar-refractivity contribution in [3.8, 4) is 6.07 Å². The van der Waals surface area contributed by atoms with E-state index in [-0.39, 0.29) is 28.7 Å². The van der Waals surface area contributed by atoms with Gasteiger partial charge < -0.3 is 5.11 Å². The fourth-order valence-electron chi connectivity index (χ4n) is 2.14. The summed E-state index contributed by atoms with van der Waals surface area (Å²) in [6, 6.07) is 5.24. The molecule has 1 rings (SSSR count). The van der Waals surface area contributed by atoms with Crippen LogP contribution in [0.15, 0.2) is 53.2 Å². The lowest BCUT2D eigenvalue weighted by Crippen LogP contribution is -2.06. The largest absolute Gasteiger partial charge is 0.389 e. The summed E-state index contributed by atoms with van der Waals surface area (Å²) < 4.78 is 50.7. The summed E-state index contributed by atoms with van der Waals surface area (Å²) in [7, 11) is 0. The van der Waals surface area contributed by atoms with Crippen LogP contribution in [0.5, 0.6) is 0 Å². The highest BCUT2D eigenvalue weighted by Crippen LogP contribution is 2.28. The van der Waals surface area contributed by atoms with Gasteiger partial charge in [0.2, 0.25) is 0 Å². The van der Waals surface area contributed by atoms with E-state index >= 15 is 0 Å². The van der Waals surface area contributed by atoms with Crippen LogP contribution in [0.4, 0.5) is 17.6 Å². The zero-order chi connectivity index (χ0) is 20.3. The van der Waals surface area contributed by atoms with Gasteiger partial charge in [0.15, 0.2) is 0 Å². The van der Waals surface area contributed by atoms with Crippen LogP contribution >= 0.6 is 0 Å². The predicted molar refractivity (Wildman–Crippen MR) is 92.1 cm³/mol. The van der Waals surface area contributed by atoms with Gasteiger partial charge in [0.25, 0.3) is 0 Å². The first kappa shape index (κ1) is 22.1. The maximum Gasteiger partial charge on any atom is 0.389 e. The number of rotatable bonds is 8. The smallest absolute Gasteiger partial charge is 0.375 e. The molecule has 0 bridgehead atoms. The summed E-state index contributed by atoms with van der Waals surface area (Å²) in [5, 5.41) is 26.8. The Bertz CT molecular complexity index is 791. The van der Waals surface area contributed by atoms with Crippen LogP contribution in [0, 0.1) is 17.1 Å². The quantitative estimate of drug-likeness (QED) is 0.275. The molecule has 0 saturated heterocycles. The lowest BCUT2D eigenvalue weighted by atomic mass is 9.93. The first-order valence-corrected chi connectivity index (χ1v) is 7.66. The molecule has 0 amide bonds. The van der Waals surface area contributed by atoms with Gasteiger partial charge in [-0.3, -0.25) is 15.7 Å². The fraction of sp³-hybridized carbons (Fsp3) is 0.222. The van der Waals surface area contributed by atoms with Crippen molar-refractivity contribution >= 4 is 11.8 Å². The fourth-order valence-corrected chi connectivity index (χ4v) is 2.14. The standard InChI is InChI=1S/C18H17F4N3O2/c19-15-5-6-17(14(9-15)10-23)16(4-2-8-25-27)13(11-24-12-26)3-1-7-18(20,21)22/h2-6,8-9,11,25-27H,1,7,12H2/b8-2-,13-3+,16-4-,24-11?. The topological polar surface area (TPSA) is 88.6 Å². The van der Waals surface area contributed by atoms with Crippen LogP contribution in [0.2, 0.25) is 0 Å². The van der Waals surface area contributed by atoms with E-state index < -0.39 is 25.1 Å². The summed E-state index contributed by atoms with van der Waals surface area (Å²) in [6.45, 7) is -0.591. The SMILES string of the molecule is N#Cc1cc(F)ccc1C(=C\C=C/NO)/C(C=NCO)=C/CCC(F)(F)F. The van der Waals surface area contributed by atoms with Crippen LogP contribution in [-0.2, 0) is 0 Å². The van der Waals surface area contributed by atoms with Crippen molar-refractivity contribution in [2.24, 2.45) is 4.99 Å². The van der Waals surface area contributed by atoms with Crippen LogP contribution in [0.25, 0.3) is 5.57 Å².